The summed E-state index contributed by atoms with van der Waals surface area (Å²) in [5, 5.41) is 1.92. The lowest BCUT2D eigenvalue weighted by Gasteiger charge is -2.34. The average molecular weight is 433 g/mol. The Morgan fingerprint density at radius 1 is 1.28 bits per heavy atom. The van der Waals surface area contributed by atoms with E-state index < -0.39 is 22.0 Å². The number of nitrogens with zero attached hydrogens (tertiary/aromatic N) is 2. The number of carbonyl (C=O) groups is 1. The van der Waals surface area contributed by atoms with Crippen molar-refractivity contribution >= 4 is 27.3 Å². The van der Waals surface area contributed by atoms with E-state index in [-0.39, 0.29) is 25.3 Å². The molecular formula is C20H20N2O5S2. The molecule has 0 saturated heterocycles. The zero-order chi connectivity index (χ0) is 20.4. The van der Waals surface area contributed by atoms with E-state index in [2.05, 4.69) is 4.98 Å². The van der Waals surface area contributed by atoms with E-state index in [4.69, 9.17) is 9.15 Å². The second-order valence-electron chi connectivity index (χ2n) is 6.66. The van der Waals surface area contributed by atoms with Crippen LogP contribution in [0, 0.1) is 0 Å². The number of hydrogen-bond donors (Lipinski definition) is 0. The van der Waals surface area contributed by atoms with Gasteiger partial charge in [0.15, 0.2) is 0 Å². The first kappa shape index (κ1) is 19.8. The van der Waals surface area contributed by atoms with Gasteiger partial charge in [0.05, 0.1) is 10.6 Å². The van der Waals surface area contributed by atoms with Crippen LogP contribution in [0.3, 0.4) is 0 Å². The fourth-order valence-corrected chi connectivity index (χ4v) is 5.16. The number of fused-ring (bicyclic) bond motifs is 1. The number of ether oxygens (including phenoxy) is 1. The topological polar surface area (TPSA) is 89.7 Å². The van der Waals surface area contributed by atoms with Crippen molar-refractivity contribution in [3.63, 3.8) is 0 Å². The van der Waals surface area contributed by atoms with E-state index in [9.17, 15) is 13.2 Å². The third-order valence-corrected chi connectivity index (χ3v) is 7.53. The zero-order valence-electron chi connectivity index (χ0n) is 15.8. The molecule has 1 atom stereocenters. The van der Waals surface area contributed by atoms with Crippen molar-refractivity contribution < 1.29 is 22.4 Å². The lowest BCUT2D eigenvalue weighted by atomic mass is 9.96. The van der Waals surface area contributed by atoms with Gasteiger partial charge in [0.1, 0.15) is 24.6 Å². The van der Waals surface area contributed by atoms with Crippen LogP contribution in [0.25, 0.3) is 10.8 Å². The molecule has 0 fully saturated rings. The lowest BCUT2D eigenvalue weighted by molar-refractivity contribution is -0.150. The van der Waals surface area contributed by atoms with Gasteiger partial charge in [0.2, 0.25) is 15.9 Å². The van der Waals surface area contributed by atoms with Crippen molar-refractivity contribution in [2.24, 2.45) is 0 Å². The Bertz CT molecular complexity index is 1110. The summed E-state index contributed by atoms with van der Waals surface area (Å²) in [4.78, 5) is 18.0. The van der Waals surface area contributed by atoms with Gasteiger partial charge in [-0.25, -0.2) is 13.4 Å². The summed E-state index contributed by atoms with van der Waals surface area (Å²) in [7, 11) is -3.57. The molecule has 3 aromatic rings. The van der Waals surface area contributed by atoms with Crippen molar-refractivity contribution in [2.75, 3.05) is 5.75 Å². The summed E-state index contributed by atoms with van der Waals surface area (Å²) in [6.07, 6.45) is 1.73. The van der Waals surface area contributed by atoms with Crippen LogP contribution in [0.1, 0.15) is 23.7 Å². The number of oxazole rings is 1. The molecule has 0 saturated carbocycles. The van der Waals surface area contributed by atoms with Crippen LogP contribution >= 0.6 is 11.3 Å². The van der Waals surface area contributed by atoms with Gasteiger partial charge >= 0.3 is 5.97 Å². The number of thiophene rings is 1. The first-order valence-corrected chi connectivity index (χ1v) is 11.7. The number of hydrogen-bond acceptors (Lipinski definition) is 7. The molecule has 3 heterocycles. The fourth-order valence-electron chi connectivity index (χ4n) is 3.29. The Morgan fingerprint density at radius 3 is 2.79 bits per heavy atom. The van der Waals surface area contributed by atoms with Gasteiger partial charge in [-0.05, 0) is 29.5 Å². The molecule has 29 heavy (non-hydrogen) atoms. The third-order valence-electron chi connectivity index (χ3n) is 4.85. The summed E-state index contributed by atoms with van der Waals surface area (Å²) >= 11 is 1.50. The maximum Gasteiger partial charge on any atom is 0.325 e. The summed E-state index contributed by atoms with van der Waals surface area (Å²) in [5.74, 6) is -0.197. The molecule has 0 aliphatic carbocycles. The van der Waals surface area contributed by atoms with E-state index in [1.807, 2.05) is 41.8 Å². The van der Waals surface area contributed by atoms with E-state index in [0.717, 1.165) is 16.0 Å². The molecule has 0 radical (unpaired) electrons. The molecular weight excluding hydrogens is 412 g/mol. The van der Waals surface area contributed by atoms with Gasteiger partial charge in [-0.3, -0.25) is 4.79 Å². The van der Waals surface area contributed by atoms with Crippen LogP contribution in [0.4, 0.5) is 0 Å². The first-order valence-electron chi connectivity index (χ1n) is 9.19. The molecule has 1 aliphatic heterocycles. The van der Waals surface area contributed by atoms with Crippen LogP contribution in [-0.4, -0.2) is 35.5 Å². The quantitative estimate of drug-likeness (QED) is 0.556. The number of benzene rings is 1. The molecule has 4 rings (SSSR count). The Morgan fingerprint density at radius 2 is 2.07 bits per heavy atom. The summed E-state index contributed by atoms with van der Waals surface area (Å²) in [5.41, 5.74) is 2.34. The van der Waals surface area contributed by atoms with Crippen molar-refractivity contribution in [1.29, 1.82) is 0 Å². The van der Waals surface area contributed by atoms with Crippen LogP contribution in [0.5, 0.6) is 0 Å². The minimum absolute atomic E-state index is 0.0770. The third kappa shape index (κ3) is 4.12. The highest BCUT2D eigenvalue weighted by atomic mass is 32.2. The summed E-state index contributed by atoms with van der Waals surface area (Å²) in [6.45, 7) is 1.66. The van der Waals surface area contributed by atoms with E-state index in [1.54, 1.807) is 6.92 Å². The standard InChI is InChI=1S/C20H20N2O5S2/c1-2-29(24,25)22-11-15-7-4-3-6-14(15)10-17(22)20(23)27-13-16-12-26-19(21-16)18-8-5-9-28-18/h3-9,12,17H,2,10-11,13H2,1H3/t17-/m1/s1. The molecule has 0 spiro atoms. The molecule has 1 aliphatic rings. The van der Waals surface area contributed by atoms with Gasteiger partial charge in [0.25, 0.3) is 0 Å². The lowest BCUT2D eigenvalue weighted by Crippen LogP contribution is -2.49. The Balaban J connectivity index is 1.50. The van der Waals surface area contributed by atoms with Crippen LogP contribution in [-0.2, 0) is 39.1 Å². The predicted octanol–water partition coefficient (Wildman–Crippen LogP) is 3.22. The summed E-state index contributed by atoms with van der Waals surface area (Å²) in [6, 6.07) is 10.4. The number of rotatable bonds is 6. The monoisotopic (exact) mass is 432 g/mol. The Kier molecular flexibility index (Phi) is 5.53. The Labute approximate surface area is 173 Å². The average Bonchev–Trinajstić information content (AvgIpc) is 3.42. The smallest absolute Gasteiger partial charge is 0.325 e. The van der Waals surface area contributed by atoms with Gasteiger partial charge in [-0.15, -0.1) is 11.3 Å². The number of aromatic nitrogens is 1. The minimum atomic E-state index is -3.57. The first-order chi connectivity index (χ1) is 14.0. The van der Waals surface area contributed by atoms with Gasteiger partial charge in [-0.1, -0.05) is 30.3 Å². The number of esters is 1. The molecule has 0 N–H and O–H groups in total. The molecule has 9 heteroatoms. The second-order valence-corrected chi connectivity index (χ2v) is 9.82. The van der Waals surface area contributed by atoms with Crippen LogP contribution < -0.4 is 0 Å². The van der Waals surface area contributed by atoms with Crippen molar-refractivity contribution in [3.8, 4) is 10.8 Å². The number of carbonyl (C=O) groups excluding carboxylic acids is 1. The molecule has 0 bridgehead atoms. The fraction of sp³-hybridized carbons (Fsp3) is 0.300. The van der Waals surface area contributed by atoms with Crippen LogP contribution in [0.2, 0.25) is 0 Å². The number of sulfonamides is 1. The molecule has 7 nitrogen and oxygen atoms in total. The molecule has 2 aromatic heterocycles. The van der Waals surface area contributed by atoms with E-state index >= 15 is 0 Å². The van der Waals surface area contributed by atoms with E-state index in [1.165, 1.54) is 21.9 Å². The highest BCUT2D eigenvalue weighted by molar-refractivity contribution is 7.89. The van der Waals surface area contributed by atoms with Gasteiger partial charge < -0.3 is 9.15 Å². The maximum atomic E-state index is 12.8. The second kappa shape index (κ2) is 8.10. The van der Waals surface area contributed by atoms with Crippen molar-refractivity contribution in [3.05, 3.63) is 64.9 Å². The molecule has 1 aromatic carbocycles. The Hall–Kier alpha value is -2.49. The molecule has 152 valence electrons. The van der Waals surface area contributed by atoms with Gasteiger partial charge in [0, 0.05) is 13.0 Å². The van der Waals surface area contributed by atoms with E-state index in [0.29, 0.717) is 11.6 Å². The van der Waals surface area contributed by atoms with Crippen molar-refractivity contribution in [2.45, 2.75) is 32.5 Å². The largest absolute Gasteiger partial charge is 0.458 e. The molecule has 0 amide bonds. The predicted molar refractivity (Wildman–Crippen MR) is 109 cm³/mol. The van der Waals surface area contributed by atoms with Crippen LogP contribution in [0.15, 0.2) is 52.5 Å². The van der Waals surface area contributed by atoms with Crippen molar-refractivity contribution in [1.82, 2.24) is 9.29 Å². The minimum Gasteiger partial charge on any atom is -0.458 e. The highest BCUT2D eigenvalue weighted by Crippen LogP contribution is 2.27. The normalized spacial score (nSPS) is 17.1. The zero-order valence-corrected chi connectivity index (χ0v) is 17.4. The summed E-state index contributed by atoms with van der Waals surface area (Å²) < 4.78 is 37.3. The van der Waals surface area contributed by atoms with Gasteiger partial charge in [-0.2, -0.15) is 4.31 Å². The molecule has 0 unspecified atom stereocenters. The maximum absolute atomic E-state index is 12.8. The SMILES string of the molecule is CCS(=O)(=O)N1Cc2ccccc2C[C@@H]1C(=O)OCc1coc(-c2cccs2)n1. The highest BCUT2D eigenvalue weighted by Gasteiger charge is 2.39.